The quantitative estimate of drug-likeness (QED) is 0.873. The Labute approximate surface area is 103 Å². The Balaban J connectivity index is 2.27. The van der Waals surface area contributed by atoms with Crippen LogP contribution in [0, 0.1) is 0 Å². The lowest BCUT2D eigenvalue weighted by Gasteiger charge is -2.17. The molecule has 1 aliphatic carbocycles. The van der Waals surface area contributed by atoms with Gasteiger partial charge in [-0.2, -0.15) is 5.10 Å². The van der Waals surface area contributed by atoms with Gasteiger partial charge in [-0.05, 0) is 40.2 Å². The summed E-state index contributed by atoms with van der Waals surface area (Å²) in [6, 6.07) is 1.03. The molecule has 4 nitrogen and oxygen atoms in total. The van der Waals surface area contributed by atoms with Crippen molar-refractivity contribution in [3.8, 4) is 5.75 Å². The van der Waals surface area contributed by atoms with E-state index >= 15 is 0 Å². The summed E-state index contributed by atoms with van der Waals surface area (Å²) in [7, 11) is 3.78. The van der Waals surface area contributed by atoms with Gasteiger partial charge >= 0.3 is 0 Å². The maximum absolute atomic E-state index is 5.45. The average molecular weight is 237 g/mol. The number of hydrogen-bond acceptors (Lipinski definition) is 3. The van der Waals surface area contributed by atoms with Gasteiger partial charge in [0.05, 0.1) is 19.0 Å². The van der Waals surface area contributed by atoms with E-state index in [0.29, 0.717) is 18.0 Å². The first kappa shape index (κ1) is 12.4. The molecule has 0 spiro atoms. The lowest BCUT2D eigenvalue weighted by Crippen LogP contribution is -2.21. The molecule has 2 rings (SSSR count). The summed E-state index contributed by atoms with van der Waals surface area (Å²) in [5.41, 5.74) is 1.28. The Bertz CT molecular complexity index is 373. The first-order valence-corrected chi connectivity index (χ1v) is 6.46. The fourth-order valence-electron chi connectivity index (χ4n) is 2.80. The van der Waals surface area contributed by atoms with Crippen LogP contribution in [0.1, 0.15) is 50.8 Å². The summed E-state index contributed by atoms with van der Waals surface area (Å²) in [6.07, 6.45) is 5.50. The molecular formula is C13H23N3O. The molecule has 0 bridgehead atoms. The predicted octanol–water partition coefficient (Wildman–Crippen LogP) is 2.33. The number of methoxy groups -OCH3 is 1. The molecule has 1 fully saturated rings. The van der Waals surface area contributed by atoms with Crippen molar-refractivity contribution in [1.29, 1.82) is 0 Å². The van der Waals surface area contributed by atoms with Crippen LogP contribution in [0.4, 0.5) is 0 Å². The van der Waals surface area contributed by atoms with Crippen LogP contribution in [0.3, 0.4) is 0 Å². The zero-order valence-corrected chi connectivity index (χ0v) is 11.2. The zero-order chi connectivity index (χ0) is 12.4. The highest BCUT2D eigenvalue weighted by Gasteiger charge is 2.30. The Kier molecular flexibility index (Phi) is 3.72. The highest BCUT2D eigenvalue weighted by molar-refractivity contribution is 5.30. The van der Waals surface area contributed by atoms with E-state index in [9.17, 15) is 0 Å². The molecule has 1 aliphatic rings. The lowest BCUT2D eigenvalue weighted by molar-refractivity contribution is 0.395. The first-order chi connectivity index (χ1) is 8.17. The summed E-state index contributed by atoms with van der Waals surface area (Å²) in [6.45, 7) is 4.33. The number of hydrogen-bond donors (Lipinski definition) is 1. The largest absolute Gasteiger partial charge is 0.493 e. The molecule has 96 valence electrons. The Morgan fingerprint density at radius 1 is 1.47 bits per heavy atom. The molecule has 2 atom stereocenters. The molecule has 1 heterocycles. The zero-order valence-electron chi connectivity index (χ0n) is 11.2. The van der Waals surface area contributed by atoms with Crippen molar-refractivity contribution in [3.05, 3.63) is 11.9 Å². The van der Waals surface area contributed by atoms with Crippen molar-refractivity contribution in [2.45, 2.75) is 51.1 Å². The molecule has 0 amide bonds. The van der Waals surface area contributed by atoms with Gasteiger partial charge in [0.25, 0.3) is 0 Å². The van der Waals surface area contributed by atoms with Gasteiger partial charge in [0, 0.05) is 18.0 Å². The van der Waals surface area contributed by atoms with E-state index in [1.807, 2.05) is 13.2 Å². The standard InChI is InChI=1S/C13H23N3O/c1-9(2)16-13(12(17-4)8-15-16)10-5-6-11(7-10)14-3/h8-11,14H,5-7H2,1-4H3. The number of nitrogens with zero attached hydrogens (tertiary/aromatic N) is 2. The van der Waals surface area contributed by atoms with Crippen LogP contribution in [0.2, 0.25) is 0 Å². The molecule has 0 aromatic carbocycles. The lowest BCUT2D eigenvalue weighted by atomic mass is 10.0. The molecule has 17 heavy (non-hydrogen) atoms. The number of rotatable bonds is 4. The third-order valence-electron chi connectivity index (χ3n) is 3.74. The van der Waals surface area contributed by atoms with Gasteiger partial charge in [0.1, 0.15) is 0 Å². The molecule has 1 saturated carbocycles. The second-order valence-electron chi connectivity index (χ2n) is 5.13. The maximum Gasteiger partial charge on any atom is 0.160 e. The van der Waals surface area contributed by atoms with E-state index < -0.39 is 0 Å². The maximum atomic E-state index is 5.45. The highest BCUT2D eigenvalue weighted by Crippen LogP contribution is 2.39. The van der Waals surface area contributed by atoms with Crippen molar-refractivity contribution < 1.29 is 4.74 Å². The van der Waals surface area contributed by atoms with Crippen LogP contribution in [-0.4, -0.2) is 30.0 Å². The number of nitrogens with one attached hydrogen (secondary N) is 1. The van der Waals surface area contributed by atoms with Gasteiger partial charge in [0.15, 0.2) is 5.75 Å². The van der Waals surface area contributed by atoms with Crippen molar-refractivity contribution >= 4 is 0 Å². The fraction of sp³-hybridized carbons (Fsp3) is 0.769. The molecule has 0 saturated heterocycles. The molecular weight excluding hydrogens is 214 g/mol. The number of aromatic nitrogens is 2. The van der Waals surface area contributed by atoms with Gasteiger partial charge in [0.2, 0.25) is 0 Å². The van der Waals surface area contributed by atoms with Gasteiger partial charge in [-0.15, -0.1) is 0 Å². The van der Waals surface area contributed by atoms with Crippen LogP contribution < -0.4 is 10.1 Å². The Hall–Kier alpha value is -1.03. The smallest absolute Gasteiger partial charge is 0.160 e. The van der Waals surface area contributed by atoms with Crippen LogP contribution >= 0.6 is 0 Å². The Morgan fingerprint density at radius 3 is 2.76 bits per heavy atom. The van der Waals surface area contributed by atoms with E-state index in [4.69, 9.17) is 4.74 Å². The molecule has 0 aliphatic heterocycles. The molecule has 1 aromatic heterocycles. The van der Waals surface area contributed by atoms with E-state index in [1.54, 1.807) is 7.11 Å². The van der Waals surface area contributed by atoms with Gasteiger partial charge in [-0.25, -0.2) is 0 Å². The monoisotopic (exact) mass is 237 g/mol. The van der Waals surface area contributed by atoms with Crippen LogP contribution in [0.15, 0.2) is 6.20 Å². The van der Waals surface area contributed by atoms with Crippen molar-refractivity contribution in [2.75, 3.05) is 14.2 Å². The minimum absolute atomic E-state index is 0.391. The summed E-state index contributed by atoms with van der Waals surface area (Å²) < 4.78 is 7.57. The molecule has 0 radical (unpaired) electrons. The summed E-state index contributed by atoms with van der Waals surface area (Å²) in [5, 5.41) is 7.82. The van der Waals surface area contributed by atoms with Gasteiger partial charge < -0.3 is 10.1 Å². The fourth-order valence-corrected chi connectivity index (χ4v) is 2.80. The first-order valence-electron chi connectivity index (χ1n) is 6.46. The van der Waals surface area contributed by atoms with E-state index in [2.05, 4.69) is 28.9 Å². The summed E-state index contributed by atoms with van der Waals surface area (Å²) >= 11 is 0. The second-order valence-corrected chi connectivity index (χ2v) is 5.13. The average Bonchev–Trinajstić information content (AvgIpc) is 2.94. The molecule has 1 N–H and O–H groups in total. The van der Waals surface area contributed by atoms with Crippen molar-refractivity contribution in [2.24, 2.45) is 0 Å². The Morgan fingerprint density at radius 2 is 2.24 bits per heavy atom. The van der Waals surface area contributed by atoms with Crippen LogP contribution in [0.25, 0.3) is 0 Å². The van der Waals surface area contributed by atoms with Crippen molar-refractivity contribution in [1.82, 2.24) is 15.1 Å². The third kappa shape index (κ3) is 2.32. The SMILES string of the molecule is CNC1CCC(c2c(OC)cnn2C(C)C)C1. The minimum atomic E-state index is 0.391. The number of ether oxygens (including phenoxy) is 1. The van der Waals surface area contributed by atoms with Crippen molar-refractivity contribution in [3.63, 3.8) is 0 Å². The van der Waals surface area contributed by atoms with Gasteiger partial charge in [-0.3, -0.25) is 4.68 Å². The topological polar surface area (TPSA) is 39.1 Å². The van der Waals surface area contributed by atoms with E-state index in [1.165, 1.54) is 25.0 Å². The van der Waals surface area contributed by atoms with Gasteiger partial charge in [-0.1, -0.05) is 0 Å². The van der Waals surface area contributed by atoms with E-state index in [-0.39, 0.29) is 0 Å². The third-order valence-corrected chi connectivity index (χ3v) is 3.74. The molecule has 4 heteroatoms. The van der Waals surface area contributed by atoms with Crippen LogP contribution in [0.5, 0.6) is 5.75 Å². The predicted molar refractivity (Wildman–Crippen MR) is 68.6 cm³/mol. The summed E-state index contributed by atoms with van der Waals surface area (Å²) in [5.74, 6) is 1.52. The molecule has 2 unspecified atom stereocenters. The van der Waals surface area contributed by atoms with E-state index in [0.717, 1.165) is 5.75 Å². The highest BCUT2D eigenvalue weighted by atomic mass is 16.5. The second kappa shape index (κ2) is 5.08. The normalized spacial score (nSPS) is 24.5. The summed E-state index contributed by atoms with van der Waals surface area (Å²) in [4.78, 5) is 0. The minimum Gasteiger partial charge on any atom is -0.493 e. The molecule has 1 aromatic rings. The van der Waals surface area contributed by atoms with Crippen LogP contribution in [-0.2, 0) is 0 Å².